The number of hydrogen-bond acceptors (Lipinski definition) is 4. The molecule has 0 radical (unpaired) electrons. The number of nitro benzene ring substituents is 1. The van der Waals surface area contributed by atoms with Crippen LogP contribution in [0.2, 0.25) is 0 Å². The molecule has 1 aromatic carbocycles. The zero-order valence-electron chi connectivity index (χ0n) is 14.9. The number of hydrogen-bond donors (Lipinski definition) is 0. The fraction of sp³-hybridized carbons (Fsp3) is 0.579. The highest BCUT2D eigenvalue weighted by Gasteiger charge is 2.31. The molecule has 2 aliphatic heterocycles. The van der Waals surface area contributed by atoms with E-state index in [9.17, 15) is 19.7 Å². The number of para-hydroxylation sites is 1. The lowest BCUT2D eigenvalue weighted by Gasteiger charge is -2.35. The van der Waals surface area contributed by atoms with Gasteiger partial charge >= 0.3 is 0 Å². The van der Waals surface area contributed by atoms with Gasteiger partial charge in [-0.05, 0) is 32.1 Å². The Morgan fingerprint density at radius 2 is 1.65 bits per heavy atom. The first-order valence-electron chi connectivity index (χ1n) is 9.35. The van der Waals surface area contributed by atoms with Gasteiger partial charge < -0.3 is 9.80 Å². The van der Waals surface area contributed by atoms with E-state index in [2.05, 4.69) is 0 Å². The summed E-state index contributed by atoms with van der Waals surface area (Å²) in [6, 6.07) is 6.36. The third-order valence-electron chi connectivity index (χ3n) is 5.39. The second kappa shape index (κ2) is 8.29. The molecule has 0 saturated carbocycles. The van der Waals surface area contributed by atoms with Gasteiger partial charge in [0, 0.05) is 43.7 Å². The van der Waals surface area contributed by atoms with E-state index in [1.807, 2.05) is 4.90 Å². The highest BCUT2D eigenvalue weighted by molar-refractivity contribution is 5.81. The van der Waals surface area contributed by atoms with Gasteiger partial charge in [-0.25, -0.2) is 0 Å². The second-order valence-corrected chi connectivity index (χ2v) is 7.10. The topological polar surface area (TPSA) is 83.8 Å². The Labute approximate surface area is 153 Å². The monoisotopic (exact) mass is 359 g/mol. The van der Waals surface area contributed by atoms with Gasteiger partial charge in [0.2, 0.25) is 11.8 Å². The van der Waals surface area contributed by atoms with Crippen molar-refractivity contribution < 1.29 is 14.5 Å². The molecule has 0 bridgehead atoms. The molecule has 2 heterocycles. The summed E-state index contributed by atoms with van der Waals surface area (Å²) in [4.78, 5) is 39.5. The summed E-state index contributed by atoms with van der Waals surface area (Å²) in [5.41, 5.74) is 0.421. The van der Waals surface area contributed by atoms with Gasteiger partial charge in [0.1, 0.15) is 0 Å². The number of benzene rings is 1. The fourth-order valence-electron chi connectivity index (χ4n) is 3.86. The van der Waals surface area contributed by atoms with Crippen molar-refractivity contribution in [1.82, 2.24) is 9.80 Å². The maximum absolute atomic E-state index is 12.6. The second-order valence-electron chi connectivity index (χ2n) is 7.10. The van der Waals surface area contributed by atoms with E-state index in [-0.39, 0.29) is 29.8 Å². The van der Waals surface area contributed by atoms with Crippen LogP contribution in [-0.2, 0) is 16.0 Å². The van der Waals surface area contributed by atoms with Crippen LogP contribution in [0.25, 0.3) is 0 Å². The smallest absolute Gasteiger partial charge is 0.273 e. The van der Waals surface area contributed by atoms with E-state index in [1.165, 1.54) is 12.5 Å². The van der Waals surface area contributed by atoms with Crippen LogP contribution in [0.4, 0.5) is 5.69 Å². The summed E-state index contributed by atoms with van der Waals surface area (Å²) < 4.78 is 0. The number of nitro groups is 1. The zero-order valence-corrected chi connectivity index (χ0v) is 14.9. The molecule has 2 saturated heterocycles. The normalized spacial score (nSPS) is 18.6. The van der Waals surface area contributed by atoms with Crippen LogP contribution in [0.15, 0.2) is 24.3 Å². The van der Waals surface area contributed by atoms with Crippen LogP contribution in [-0.4, -0.2) is 52.7 Å². The van der Waals surface area contributed by atoms with Crippen molar-refractivity contribution >= 4 is 17.5 Å². The van der Waals surface area contributed by atoms with Crippen molar-refractivity contribution in [1.29, 1.82) is 0 Å². The minimum absolute atomic E-state index is 0.00297. The van der Waals surface area contributed by atoms with E-state index in [0.29, 0.717) is 31.5 Å². The van der Waals surface area contributed by atoms with E-state index >= 15 is 0 Å². The Hall–Kier alpha value is -2.44. The fourth-order valence-corrected chi connectivity index (χ4v) is 3.86. The summed E-state index contributed by atoms with van der Waals surface area (Å²) in [6.45, 7) is 2.80. The third kappa shape index (κ3) is 4.20. The Bertz CT molecular complexity index is 677. The molecule has 1 aromatic rings. The van der Waals surface area contributed by atoms with E-state index < -0.39 is 4.92 Å². The lowest BCUT2D eigenvalue weighted by Crippen LogP contribution is -2.46. The van der Waals surface area contributed by atoms with Crippen molar-refractivity contribution in [2.24, 2.45) is 5.92 Å². The van der Waals surface area contributed by atoms with Crippen LogP contribution in [0, 0.1) is 16.0 Å². The largest absolute Gasteiger partial charge is 0.342 e. The molecule has 0 spiro atoms. The van der Waals surface area contributed by atoms with E-state index in [1.54, 1.807) is 23.1 Å². The van der Waals surface area contributed by atoms with Crippen molar-refractivity contribution in [3.63, 3.8) is 0 Å². The number of rotatable bonds is 4. The van der Waals surface area contributed by atoms with Gasteiger partial charge in [-0.2, -0.15) is 0 Å². The maximum atomic E-state index is 12.6. The molecule has 2 fully saturated rings. The van der Waals surface area contributed by atoms with Crippen LogP contribution in [0.1, 0.15) is 37.7 Å². The molecule has 2 aliphatic rings. The summed E-state index contributed by atoms with van der Waals surface area (Å²) >= 11 is 0. The van der Waals surface area contributed by atoms with Crippen LogP contribution < -0.4 is 0 Å². The number of carbonyl (C=O) groups excluding carboxylic acids is 2. The first kappa shape index (κ1) is 18.4. The number of piperidine rings is 2. The molecular formula is C19H25N3O4. The molecule has 0 N–H and O–H groups in total. The molecule has 140 valence electrons. The molecule has 26 heavy (non-hydrogen) atoms. The number of amides is 2. The van der Waals surface area contributed by atoms with Gasteiger partial charge in [-0.15, -0.1) is 0 Å². The predicted molar refractivity (Wildman–Crippen MR) is 96.5 cm³/mol. The molecule has 0 atom stereocenters. The van der Waals surface area contributed by atoms with Crippen LogP contribution in [0.3, 0.4) is 0 Å². The van der Waals surface area contributed by atoms with Gasteiger partial charge in [-0.3, -0.25) is 19.7 Å². The average molecular weight is 359 g/mol. The van der Waals surface area contributed by atoms with Crippen molar-refractivity contribution in [2.45, 2.75) is 38.5 Å². The summed E-state index contributed by atoms with van der Waals surface area (Å²) in [5, 5.41) is 11.1. The van der Waals surface area contributed by atoms with Crippen molar-refractivity contribution in [3.8, 4) is 0 Å². The van der Waals surface area contributed by atoms with Crippen molar-refractivity contribution in [2.75, 3.05) is 26.2 Å². The lowest BCUT2D eigenvalue weighted by atomic mass is 9.94. The molecule has 0 unspecified atom stereocenters. The molecule has 0 aliphatic carbocycles. The Balaban J connectivity index is 1.54. The molecule has 0 aromatic heterocycles. The minimum atomic E-state index is -0.452. The van der Waals surface area contributed by atoms with E-state index in [4.69, 9.17) is 0 Å². The van der Waals surface area contributed by atoms with Crippen LogP contribution in [0.5, 0.6) is 0 Å². The average Bonchev–Trinajstić information content (AvgIpc) is 2.68. The van der Waals surface area contributed by atoms with Gasteiger partial charge in [0.05, 0.1) is 11.3 Å². The Kier molecular flexibility index (Phi) is 5.85. The van der Waals surface area contributed by atoms with Gasteiger partial charge in [-0.1, -0.05) is 18.2 Å². The molecule has 2 amide bonds. The molecule has 7 heteroatoms. The number of likely N-dealkylation sites (tertiary alicyclic amines) is 2. The molecule has 3 rings (SSSR count). The predicted octanol–water partition coefficient (Wildman–Crippen LogP) is 2.39. The summed E-state index contributed by atoms with van der Waals surface area (Å²) in [6.07, 6.45) is 4.75. The first-order valence-corrected chi connectivity index (χ1v) is 9.35. The van der Waals surface area contributed by atoms with Crippen molar-refractivity contribution in [3.05, 3.63) is 39.9 Å². The number of nitrogens with zero attached hydrogens (tertiary/aromatic N) is 3. The number of carbonyl (C=O) groups is 2. The Morgan fingerprint density at radius 1 is 1.00 bits per heavy atom. The highest BCUT2D eigenvalue weighted by Crippen LogP contribution is 2.24. The van der Waals surface area contributed by atoms with Gasteiger partial charge in [0.25, 0.3) is 5.69 Å². The SMILES string of the molecule is O=C(Cc1ccccc1[N+](=O)[O-])N1CCC(C(=O)N2CCCCC2)CC1. The van der Waals surface area contributed by atoms with E-state index in [0.717, 1.165) is 25.9 Å². The maximum Gasteiger partial charge on any atom is 0.273 e. The Morgan fingerprint density at radius 3 is 2.31 bits per heavy atom. The highest BCUT2D eigenvalue weighted by atomic mass is 16.6. The minimum Gasteiger partial charge on any atom is -0.342 e. The lowest BCUT2D eigenvalue weighted by molar-refractivity contribution is -0.385. The molecule has 7 nitrogen and oxygen atoms in total. The summed E-state index contributed by atoms with van der Waals surface area (Å²) in [5.74, 6) is 0.127. The summed E-state index contributed by atoms with van der Waals surface area (Å²) in [7, 11) is 0. The quantitative estimate of drug-likeness (QED) is 0.610. The zero-order chi connectivity index (χ0) is 18.5. The third-order valence-corrected chi connectivity index (χ3v) is 5.39. The van der Waals surface area contributed by atoms with Crippen LogP contribution >= 0.6 is 0 Å². The standard InChI is InChI=1S/C19H25N3O4/c23-18(14-16-6-2-3-7-17(16)22(25)26)20-12-8-15(9-13-20)19(24)21-10-4-1-5-11-21/h2-3,6-7,15H,1,4-5,8-14H2. The van der Waals surface area contributed by atoms with Gasteiger partial charge in [0.15, 0.2) is 0 Å². The molecular weight excluding hydrogens is 334 g/mol. The first-order chi connectivity index (χ1) is 12.6.